The van der Waals surface area contributed by atoms with Crippen molar-refractivity contribution in [3.63, 3.8) is 0 Å². The summed E-state index contributed by atoms with van der Waals surface area (Å²) in [6.45, 7) is 2.12. The minimum Gasteiger partial charge on any atom is -0.0829 e. The van der Waals surface area contributed by atoms with Crippen LogP contribution >= 0.6 is 0 Å². The van der Waals surface area contributed by atoms with E-state index < -0.39 is 0 Å². The predicted octanol–water partition coefficient (Wildman–Crippen LogP) is 4.90. The van der Waals surface area contributed by atoms with Crippen molar-refractivity contribution in [3.8, 4) is 0 Å². The summed E-state index contributed by atoms with van der Waals surface area (Å²) in [5.74, 6) is 0.397. The van der Waals surface area contributed by atoms with Gasteiger partial charge in [-0.1, -0.05) is 72.8 Å². The van der Waals surface area contributed by atoms with Gasteiger partial charge in [0.05, 0.1) is 0 Å². The van der Waals surface area contributed by atoms with Gasteiger partial charge in [-0.2, -0.15) is 0 Å². The predicted molar refractivity (Wildman–Crippen MR) is 78.3 cm³/mol. The lowest BCUT2D eigenvalue weighted by Gasteiger charge is -2.15. The highest BCUT2D eigenvalue weighted by Crippen LogP contribution is 2.39. The van der Waals surface area contributed by atoms with Crippen molar-refractivity contribution in [2.45, 2.75) is 12.8 Å². The van der Waals surface area contributed by atoms with Crippen LogP contribution in [0.5, 0.6) is 0 Å². The molecule has 0 saturated heterocycles. The highest BCUT2D eigenvalue weighted by molar-refractivity contribution is 5.79. The van der Waals surface area contributed by atoms with Crippen molar-refractivity contribution in [3.05, 3.63) is 83.4 Å². The van der Waals surface area contributed by atoms with E-state index in [4.69, 9.17) is 0 Å². The summed E-state index contributed by atoms with van der Waals surface area (Å²) in [5.41, 5.74) is 5.45. The molecule has 0 radical (unpaired) electrons. The third kappa shape index (κ3) is 1.80. The number of hydrogen-bond acceptors (Lipinski definition) is 0. The van der Waals surface area contributed by atoms with Crippen molar-refractivity contribution in [2.75, 3.05) is 0 Å². The lowest BCUT2D eigenvalue weighted by molar-refractivity contribution is 1.13. The lowest BCUT2D eigenvalue weighted by atomic mass is 9.88. The van der Waals surface area contributed by atoms with E-state index in [-0.39, 0.29) is 0 Å². The number of fused-ring (bicyclic) bond motifs is 1. The van der Waals surface area contributed by atoms with Crippen LogP contribution in [0.2, 0.25) is 0 Å². The average Bonchev–Trinajstić information content (AvgIpc) is 2.85. The van der Waals surface area contributed by atoms with Crippen LogP contribution in [0.4, 0.5) is 0 Å². The van der Waals surface area contributed by atoms with Crippen molar-refractivity contribution in [2.24, 2.45) is 0 Å². The number of rotatable bonds is 2. The zero-order chi connectivity index (χ0) is 12.4. The van der Waals surface area contributed by atoms with Gasteiger partial charge in [-0.15, -0.1) is 0 Å². The Kier molecular flexibility index (Phi) is 2.85. The highest BCUT2D eigenvalue weighted by atomic mass is 14.2. The van der Waals surface area contributed by atoms with E-state index >= 15 is 0 Å². The van der Waals surface area contributed by atoms with Gasteiger partial charge >= 0.3 is 0 Å². The zero-order valence-corrected chi connectivity index (χ0v) is 10.5. The Morgan fingerprint density at radius 2 is 1.67 bits per heavy atom. The van der Waals surface area contributed by atoms with E-state index in [1.807, 2.05) is 0 Å². The van der Waals surface area contributed by atoms with Crippen molar-refractivity contribution in [1.29, 1.82) is 0 Å². The Morgan fingerprint density at radius 1 is 0.944 bits per heavy atom. The zero-order valence-electron chi connectivity index (χ0n) is 10.5. The fraction of sp³-hybridized carbons (Fsp3) is 0.111. The maximum absolute atomic E-state index is 2.30. The molecule has 0 N–H and O–H groups in total. The summed E-state index contributed by atoms with van der Waals surface area (Å²) in [6, 6.07) is 19.3. The van der Waals surface area contributed by atoms with Crippen molar-refractivity contribution >= 4 is 11.6 Å². The van der Waals surface area contributed by atoms with Crippen LogP contribution < -0.4 is 0 Å². The fourth-order valence-electron chi connectivity index (χ4n) is 2.68. The standard InChI is InChI=1S/C18H16/c1-2-16(14-8-4-3-5-9-14)18-13-12-15-10-6-7-11-17(15)18/h2-13,18H,1H3/b16-2+/t18-/m1/s1. The molecule has 0 unspecified atom stereocenters. The molecule has 0 fully saturated rings. The largest absolute Gasteiger partial charge is 0.0829 e. The molecule has 0 heterocycles. The number of allylic oxidation sites excluding steroid dienone is 3. The molecule has 0 spiro atoms. The molecule has 2 aromatic carbocycles. The summed E-state index contributed by atoms with van der Waals surface area (Å²) < 4.78 is 0. The second kappa shape index (κ2) is 4.66. The third-order valence-corrected chi connectivity index (χ3v) is 3.55. The van der Waals surface area contributed by atoms with Gasteiger partial charge < -0.3 is 0 Å². The van der Waals surface area contributed by atoms with Crippen LogP contribution in [-0.4, -0.2) is 0 Å². The van der Waals surface area contributed by atoms with Crippen LogP contribution in [0.1, 0.15) is 29.5 Å². The molecular weight excluding hydrogens is 216 g/mol. The van der Waals surface area contributed by atoms with Crippen molar-refractivity contribution in [1.82, 2.24) is 0 Å². The van der Waals surface area contributed by atoms with Gasteiger partial charge in [0, 0.05) is 5.92 Å². The first-order valence-corrected chi connectivity index (χ1v) is 6.39. The molecular formula is C18H16. The summed E-state index contributed by atoms with van der Waals surface area (Å²) in [6.07, 6.45) is 6.76. The number of benzene rings is 2. The van der Waals surface area contributed by atoms with Crippen LogP contribution in [0.15, 0.2) is 66.7 Å². The van der Waals surface area contributed by atoms with Crippen LogP contribution in [0, 0.1) is 0 Å². The normalized spacial score (nSPS) is 17.8. The molecule has 3 rings (SSSR count). The first kappa shape index (κ1) is 11.0. The van der Waals surface area contributed by atoms with E-state index in [2.05, 4.69) is 79.7 Å². The minimum absolute atomic E-state index is 0.397. The van der Waals surface area contributed by atoms with Gasteiger partial charge in [-0.25, -0.2) is 0 Å². The average molecular weight is 232 g/mol. The summed E-state index contributed by atoms with van der Waals surface area (Å²) in [7, 11) is 0. The minimum atomic E-state index is 0.397. The van der Waals surface area contributed by atoms with E-state index in [9.17, 15) is 0 Å². The van der Waals surface area contributed by atoms with Gasteiger partial charge in [0.2, 0.25) is 0 Å². The molecule has 18 heavy (non-hydrogen) atoms. The van der Waals surface area contributed by atoms with Gasteiger partial charge in [-0.3, -0.25) is 0 Å². The topological polar surface area (TPSA) is 0 Å². The summed E-state index contributed by atoms with van der Waals surface area (Å²) >= 11 is 0. The molecule has 0 bridgehead atoms. The molecule has 0 amide bonds. The Balaban J connectivity index is 2.04. The Bertz CT molecular complexity index is 603. The maximum atomic E-state index is 2.30. The van der Waals surface area contributed by atoms with Gasteiger partial charge in [0.15, 0.2) is 0 Å². The molecule has 0 heteroatoms. The van der Waals surface area contributed by atoms with Gasteiger partial charge in [0.25, 0.3) is 0 Å². The Morgan fingerprint density at radius 3 is 2.44 bits per heavy atom. The van der Waals surface area contributed by atoms with Crippen LogP contribution in [0.25, 0.3) is 11.6 Å². The molecule has 1 aliphatic rings. The molecule has 0 aromatic heterocycles. The molecule has 0 nitrogen and oxygen atoms in total. The first-order chi connectivity index (χ1) is 8.90. The highest BCUT2D eigenvalue weighted by Gasteiger charge is 2.20. The molecule has 1 aliphatic carbocycles. The molecule has 1 atom stereocenters. The fourth-order valence-corrected chi connectivity index (χ4v) is 2.68. The summed E-state index contributed by atoms with van der Waals surface area (Å²) in [4.78, 5) is 0. The maximum Gasteiger partial charge on any atom is 0.0281 e. The quantitative estimate of drug-likeness (QED) is 0.690. The third-order valence-electron chi connectivity index (χ3n) is 3.55. The van der Waals surface area contributed by atoms with Crippen LogP contribution in [-0.2, 0) is 0 Å². The van der Waals surface area contributed by atoms with Crippen LogP contribution in [0.3, 0.4) is 0 Å². The Hall–Kier alpha value is -2.08. The lowest BCUT2D eigenvalue weighted by Crippen LogP contribution is -1.97. The molecule has 0 aliphatic heterocycles. The van der Waals surface area contributed by atoms with E-state index in [0.717, 1.165) is 0 Å². The molecule has 88 valence electrons. The molecule has 2 aromatic rings. The number of hydrogen-bond donors (Lipinski definition) is 0. The first-order valence-electron chi connectivity index (χ1n) is 6.39. The van der Waals surface area contributed by atoms with Crippen molar-refractivity contribution < 1.29 is 0 Å². The Labute approximate surface area is 108 Å². The SMILES string of the molecule is C/C=C(\c1ccccc1)[C@H]1C=Cc2ccccc21. The molecule has 0 saturated carbocycles. The second-order valence-corrected chi connectivity index (χ2v) is 4.58. The second-order valence-electron chi connectivity index (χ2n) is 4.58. The van der Waals surface area contributed by atoms with E-state index in [1.165, 1.54) is 22.3 Å². The van der Waals surface area contributed by atoms with E-state index in [1.54, 1.807) is 0 Å². The summed E-state index contributed by atoms with van der Waals surface area (Å²) in [5, 5.41) is 0. The van der Waals surface area contributed by atoms with Gasteiger partial charge in [-0.05, 0) is 29.2 Å². The van der Waals surface area contributed by atoms with E-state index in [0.29, 0.717) is 5.92 Å². The smallest absolute Gasteiger partial charge is 0.0281 e. The van der Waals surface area contributed by atoms with Gasteiger partial charge in [0.1, 0.15) is 0 Å². The monoisotopic (exact) mass is 232 g/mol.